The fraction of sp³-hybridized carbons (Fsp3) is 0.538. The summed E-state index contributed by atoms with van der Waals surface area (Å²) in [5.74, 6) is 5.65. The second-order valence-electron chi connectivity index (χ2n) is 4.97. The van der Waals surface area contributed by atoms with Crippen molar-refractivity contribution in [2.75, 3.05) is 0 Å². The Morgan fingerprint density at radius 2 is 1.82 bits per heavy atom. The van der Waals surface area contributed by atoms with Crippen molar-refractivity contribution in [3.63, 3.8) is 0 Å². The van der Waals surface area contributed by atoms with E-state index in [9.17, 15) is 0 Å². The summed E-state index contributed by atoms with van der Waals surface area (Å²) in [6, 6.07) is 5.71. The molecule has 3 N–H and O–H groups in total. The number of nitrogens with one attached hydrogen (secondary N) is 1. The number of hydrogen-bond donors (Lipinski definition) is 2. The smallest absolute Gasteiger partial charge is 0.0453 e. The first-order valence-electron chi connectivity index (χ1n) is 5.81. The SMILES string of the molecule is CCC(C)(C)C(Cc1c(Cl)cccc1Cl)NN. The zero-order valence-electron chi connectivity index (χ0n) is 10.6. The van der Waals surface area contributed by atoms with Crippen LogP contribution in [-0.4, -0.2) is 6.04 Å². The molecule has 0 saturated heterocycles. The van der Waals surface area contributed by atoms with Gasteiger partial charge in [-0.1, -0.05) is 50.0 Å². The van der Waals surface area contributed by atoms with Gasteiger partial charge in [-0.05, 0) is 36.0 Å². The molecule has 0 aromatic heterocycles. The van der Waals surface area contributed by atoms with E-state index in [0.29, 0.717) is 10.0 Å². The Hall–Kier alpha value is -0.280. The third-order valence-electron chi connectivity index (χ3n) is 3.53. The molecule has 96 valence electrons. The number of halogens is 2. The molecular weight excluding hydrogens is 255 g/mol. The molecule has 1 unspecified atom stereocenters. The number of nitrogens with two attached hydrogens (primary N) is 1. The summed E-state index contributed by atoms with van der Waals surface area (Å²) in [6.45, 7) is 6.52. The minimum Gasteiger partial charge on any atom is -0.271 e. The van der Waals surface area contributed by atoms with Gasteiger partial charge >= 0.3 is 0 Å². The average Bonchev–Trinajstić information content (AvgIpc) is 2.28. The maximum atomic E-state index is 6.17. The third-order valence-corrected chi connectivity index (χ3v) is 4.23. The minimum absolute atomic E-state index is 0.0945. The van der Waals surface area contributed by atoms with Crippen molar-refractivity contribution in [3.05, 3.63) is 33.8 Å². The highest BCUT2D eigenvalue weighted by Crippen LogP contribution is 2.31. The quantitative estimate of drug-likeness (QED) is 0.633. The molecule has 0 fully saturated rings. The predicted octanol–water partition coefficient (Wildman–Crippen LogP) is 3.80. The van der Waals surface area contributed by atoms with Gasteiger partial charge in [-0.15, -0.1) is 0 Å². The van der Waals surface area contributed by atoms with Crippen LogP contribution in [0.15, 0.2) is 18.2 Å². The van der Waals surface area contributed by atoms with Crippen LogP contribution in [0, 0.1) is 5.41 Å². The Morgan fingerprint density at radius 3 is 2.24 bits per heavy atom. The van der Waals surface area contributed by atoms with Crippen LogP contribution in [0.5, 0.6) is 0 Å². The van der Waals surface area contributed by atoms with Crippen LogP contribution in [0.1, 0.15) is 32.8 Å². The van der Waals surface area contributed by atoms with Gasteiger partial charge in [-0.2, -0.15) is 0 Å². The van der Waals surface area contributed by atoms with Crippen molar-refractivity contribution in [2.24, 2.45) is 11.3 Å². The van der Waals surface area contributed by atoms with E-state index in [2.05, 4.69) is 26.2 Å². The topological polar surface area (TPSA) is 38.0 Å². The van der Waals surface area contributed by atoms with E-state index in [4.69, 9.17) is 29.0 Å². The van der Waals surface area contributed by atoms with Crippen molar-refractivity contribution in [3.8, 4) is 0 Å². The monoisotopic (exact) mass is 274 g/mol. The summed E-state index contributed by atoms with van der Waals surface area (Å²) in [4.78, 5) is 0. The lowest BCUT2D eigenvalue weighted by molar-refractivity contribution is 0.231. The molecule has 0 bridgehead atoms. The Balaban J connectivity index is 2.96. The average molecular weight is 275 g/mol. The van der Waals surface area contributed by atoms with Crippen molar-refractivity contribution in [1.82, 2.24) is 5.43 Å². The lowest BCUT2D eigenvalue weighted by Gasteiger charge is -2.33. The fourth-order valence-electron chi connectivity index (χ4n) is 1.74. The standard InChI is InChI=1S/C13H20Cl2N2/c1-4-13(2,3)12(17-16)8-9-10(14)6-5-7-11(9)15/h5-7,12,17H,4,8,16H2,1-3H3. The first-order valence-corrected chi connectivity index (χ1v) is 6.57. The zero-order chi connectivity index (χ0) is 13.1. The molecule has 1 aromatic rings. The molecule has 0 aliphatic carbocycles. The maximum Gasteiger partial charge on any atom is 0.0453 e. The Morgan fingerprint density at radius 1 is 1.29 bits per heavy atom. The first-order chi connectivity index (χ1) is 7.92. The van der Waals surface area contributed by atoms with Crippen LogP contribution in [-0.2, 0) is 6.42 Å². The molecular formula is C13H20Cl2N2. The zero-order valence-corrected chi connectivity index (χ0v) is 12.1. The summed E-state index contributed by atoms with van der Waals surface area (Å²) in [6.07, 6.45) is 1.76. The van der Waals surface area contributed by atoms with E-state index < -0.39 is 0 Å². The van der Waals surface area contributed by atoms with Gasteiger partial charge in [0.2, 0.25) is 0 Å². The summed E-state index contributed by atoms with van der Waals surface area (Å²) in [5, 5.41) is 1.40. The van der Waals surface area contributed by atoms with Crippen LogP contribution in [0.4, 0.5) is 0 Å². The van der Waals surface area contributed by atoms with Gasteiger partial charge in [0, 0.05) is 16.1 Å². The molecule has 0 aliphatic heterocycles. The molecule has 1 aromatic carbocycles. The van der Waals surface area contributed by atoms with E-state index >= 15 is 0 Å². The van der Waals surface area contributed by atoms with Gasteiger partial charge in [0.15, 0.2) is 0 Å². The highest BCUT2D eigenvalue weighted by atomic mass is 35.5. The van der Waals surface area contributed by atoms with E-state index in [-0.39, 0.29) is 11.5 Å². The third kappa shape index (κ3) is 3.59. The summed E-state index contributed by atoms with van der Waals surface area (Å²) in [7, 11) is 0. The normalized spacial score (nSPS) is 13.8. The molecule has 4 heteroatoms. The van der Waals surface area contributed by atoms with Crippen LogP contribution in [0.2, 0.25) is 10.0 Å². The van der Waals surface area contributed by atoms with Gasteiger partial charge in [0.1, 0.15) is 0 Å². The van der Waals surface area contributed by atoms with E-state index in [1.807, 2.05) is 18.2 Å². The molecule has 0 aliphatic rings. The second-order valence-corrected chi connectivity index (χ2v) is 5.78. The van der Waals surface area contributed by atoms with Gasteiger partial charge < -0.3 is 0 Å². The molecule has 0 saturated carbocycles. The minimum atomic E-state index is 0.0945. The fourth-order valence-corrected chi connectivity index (χ4v) is 2.29. The summed E-state index contributed by atoms with van der Waals surface area (Å²) in [5.41, 5.74) is 3.93. The predicted molar refractivity (Wildman–Crippen MR) is 75.3 cm³/mol. The highest BCUT2D eigenvalue weighted by molar-refractivity contribution is 6.36. The van der Waals surface area contributed by atoms with Crippen molar-refractivity contribution in [1.29, 1.82) is 0 Å². The van der Waals surface area contributed by atoms with Crippen molar-refractivity contribution < 1.29 is 0 Å². The van der Waals surface area contributed by atoms with Crippen LogP contribution >= 0.6 is 23.2 Å². The molecule has 0 spiro atoms. The second kappa shape index (κ2) is 6.05. The first kappa shape index (κ1) is 14.8. The Bertz CT molecular complexity index is 357. The van der Waals surface area contributed by atoms with Crippen molar-refractivity contribution >= 4 is 23.2 Å². The van der Waals surface area contributed by atoms with E-state index in [1.165, 1.54) is 0 Å². The number of hydrogen-bond acceptors (Lipinski definition) is 2. The van der Waals surface area contributed by atoms with Gasteiger partial charge in [-0.3, -0.25) is 11.3 Å². The Labute approximate surface area is 113 Å². The molecule has 2 nitrogen and oxygen atoms in total. The summed E-state index contributed by atoms with van der Waals surface area (Å²) < 4.78 is 0. The van der Waals surface area contributed by atoms with Gasteiger partial charge in [-0.25, -0.2) is 0 Å². The van der Waals surface area contributed by atoms with Crippen LogP contribution in [0.25, 0.3) is 0 Å². The number of hydrazine groups is 1. The van der Waals surface area contributed by atoms with Crippen LogP contribution < -0.4 is 11.3 Å². The van der Waals surface area contributed by atoms with E-state index in [0.717, 1.165) is 18.4 Å². The van der Waals surface area contributed by atoms with E-state index in [1.54, 1.807) is 0 Å². The summed E-state index contributed by atoms with van der Waals surface area (Å²) >= 11 is 12.3. The van der Waals surface area contributed by atoms with Gasteiger partial charge in [0.25, 0.3) is 0 Å². The van der Waals surface area contributed by atoms with Crippen LogP contribution in [0.3, 0.4) is 0 Å². The largest absolute Gasteiger partial charge is 0.271 e. The lowest BCUT2D eigenvalue weighted by Crippen LogP contribution is -2.47. The lowest BCUT2D eigenvalue weighted by atomic mass is 9.79. The number of benzene rings is 1. The molecule has 0 amide bonds. The molecule has 0 radical (unpaired) electrons. The maximum absolute atomic E-state index is 6.17. The molecule has 0 heterocycles. The molecule has 1 rings (SSSR count). The Kier molecular flexibility index (Phi) is 5.26. The molecule has 1 atom stereocenters. The van der Waals surface area contributed by atoms with Gasteiger partial charge in [0.05, 0.1) is 0 Å². The highest BCUT2D eigenvalue weighted by Gasteiger charge is 2.28. The van der Waals surface area contributed by atoms with Crippen molar-refractivity contribution in [2.45, 2.75) is 39.7 Å². The molecule has 17 heavy (non-hydrogen) atoms. The number of rotatable bonds is 5.